The SMILES string of the molecule is COc1cc(OC)c(OC)cc1CNC(=O)CN1C(=O)NC(C)(c2ccc(F)cc2)C1=O. The number of halogens is 1. The first-order chi connectivity index (χ1) is 15.2. The summed E-state index contributed by atoms with van der Waals surface area (Å²) >= 11 is 0. The van der Waals surface area contributed by atoms with Crippen molar-refractivity contribution in [2.75, 3.05) is 27.9 Å². The largest absolute Gasteiger partial charge is 0.496 e. The number of benzene rings is 2. The second-order valence-corrected chi connectivity index (χ2v) is 7.25. The van der Waals surface area contributed by atoms with Crippen molar-refractivity contribution >= 4 is 17.8 Å². The van der Waals surface area contributed by atoms with E-state index in [1.54, 1.807) is 12.1 Å². The third-order valence-electron chi connectivity index (χ3n) is 5.26. The normalized spacial score (nSPS) is 17.7. The quantitative estimate of drug-likeness (QED) is 0.602. The number of hydrogen-bond donors (Lipinski definition) is 2. The van der Waals surface area contributed by atoms with Crippen molar-refractivity contribution in [1.82, 2.24) is 15.5 Å². The Balaban J connectivity index is 1.70. The van der Waals surface area contributed by atoms with Crippen LogP contribution in [0.25, 0.3) is 0 Å². The van der Waals surface area contributed by atoms with Crippen LogP contribution in [0, 0.1) is 5.82 Å². The Morgan fingerprint density at radius 2 is 1.62 bits per heavy atom. The summed E-state index contributed by atoms with van der Waals surface area (Å²) < 4.78 is 29.1. The molecule has 2 aromatic carbocycles. The van der Waals surface area contributed by atoms with E-state index in [-0.39, 0.29) is 6.54 Å². The van der Waals surface area contributed by atoms with Gasteiger partial charge in [-0.3, -0.25) is 14.5 Å². The molecule has 1 aliphatic heterocycles. The fourth-order valence-electron chi connectivity index (χ4n) is 3.44. The molecule has 9 nitrogen and oxygen atoms in total. The van der Waals surface area contributed by atoms with Crippen LogP contribution in [0.2, 0.25) is 0 Å². The van der Waals surface area contributed by atoms with Crippen LogP contribution >= 0.6 is 0 Å². The van der Waals surface area contributed by atoms with Gasteiger partial charge in [0.1, 0.15) is 23.7 Å². The van der Waals surface area contributed by atoms with E-state index in [1.807, 2.05) is 0 Å². The highest BCUT2D eigenvalue weighted by Crippen LogP contribution is 2.34. The molecule has 1 fully saturated rings. The molecule has 0 aromatic heterocycles. The summed E-state index contributed by atoms with van der Waals surface area (Å²) in [7, 11) is 4.47. The summed E-state index contributed by atoms with van der Waals surface area (Å²) in [6, 6.07) is 7.82. The Hall–Kier alpha value is -3.82. The van der Waals surface area contributed by atoms with Crippen molar-refractivity contribution in [2.45, 2.75) is 19.0 Å². The number of imide groups is 1. The highest BCUT2D eigenvalue weighted by atomic mass is 19.1. The van der Waals surface area contributed by atoms with Gasteiger partial charge in [-0.1, -0.05) is 12.1 Å². The maximum atomic E-state index is 13.2. The van der Waals surface area contributed by atoms with Gasteiger partial charge in [0.05, 0.1) is 21.3 Å². The predicted octanol–water partition coefficient (Wildman–Crippen LogP) is 1.93. The Morgan fingerprint density at radius 1 is 1.03 bits per heavy atom. The molecular formula is C22H24FN3O6. The molecular weight excluding hydrogens is 421 g/mol. The number of carbonyl (C=O) groups is 3. The van der Waals surface area contributed by atoms with E-state index in [4.69, 9.17) is 14.2 Å². The second-order valence-electron chi connectivity index (χ2n) is 7.25. The van der Waals surface area contributed by atoms with E-state index in [0.717, 1.165) is 4.90 Å². The average Bonchev–Trinajstić information content (AvgIpc) is 3.01. The summed E-state index contributed by atoms with van der Waals surface area (Å²) in [5, 5.41) is 5.24. The third-order valence-corrected chi connectivity index (χ3v) is 5.26. The lowest BCUT2D eigenvalue weighted by Gasteiger charge is -2.22. The number of carbonyl (C=O) groups excluding carboxylic acids is 3. The van der Waals surface area contributed by atoms with E-state index in [0.29, 0.717) is 28.4 Å². The van der Waals surface area contributed by atoms with Gasteiger partial charge in [0.2, 0.25) is 5.91 Å². The molecule has 10 heteroatoms. The molecule has 0 bridgehead atoms. The molecule has 0 aliphatic carbocycles. The number of nitrogens with one attached hydrogen (secondary N) is 2. The molecule has 3 rings (SSSR count). The molecule has 4 amide bonds. The number of nitrogens with zero attached hydrogens (tertiary/aromatic N) is 1. The van der Waals surface area contributed by atoms with Gasteiger partial charge in [-0.15, -0.1) is 0 Å². The van der Waals surface area contributed by atoms with Gasteiger partial charge >= 0.3 is 6.03 Å². The zero-order valence-electron chi connectivity index (χ0n) is 18.2. The lowest BCUT2D eigenvalue weighted by atomic mass is 9.92. The highest BCUT2D eigenvalue weighted by Gasteiger charge is 2.49. The van der Waals surface area contributed by atoms with E-state index >= 15 is 0 Å². The van der Waals surface area contributed by atoms with Crippen LogP contribution in [0.3, 0.4) is 0 Å². The maximum Gasteiger partial charge on any atom is 0.325 e. The molecule has 2 aromatic rings. The predicted molar refractivity (Wildman–Crippen MR) is 112 cm³/mol. The first kappa shape index (κ1) is 22.9. The molecule has 1 aliphatic rings. The summed E-state index contributed by atoms with van der Waals surface area (Å²) in [5.74, 6) is -0.208. The third kappa shape index (κ3) is 4.29. The minimum Gasteiger partial charge on any atom is -0.496 e. The monoisotopic (exact) mass is 445 g/mol. The maximum absolute atomic E-state index is 13.2. The molecule has 0 radical (unpaired) electrons. The Labute approximate surface area is 184 Å². The number of hydrogen-bond acceptors (Lipinski definition) is 6. The van der Waals surface area contributed by atoms with Crippen LogP contribution in [-0.2, 0) is 21.7 Å². The minimum absolute atomic E-state index is 0.0707. The molecule has 0 spiro atoms. The van der Waals surface area contributed by atoms with Crippen LogP contribution in [0.15, 0.2) is 36.4 Å². The smallest absolute Gasteiger partial charge is 0.325 e. The second kappa shape index (κ2) is 9.13. The van der Waals surface area contributed by atoms with Crippen molar-refractivity contribution in [3.8, 4) is 17.2 Å². The fourth-order valence-corrected chi connectivity index (χ4v) is 3.44. The Bertz CT molecular complexity index is 1040. The Kier molecular flexibility index (Phi) is 6.52. The van der Waals surface area contributed by atoms with Crippen molar-refractivity contribution in [2.24, 2.45) is 0 Å². The summed E-state index contributed by atoms with van der Waals surface area (Å²) in [5.41, 5.74) is -0.362. The number of methoxy groups -OCH3 is 3. The van der Waals surface area contributed by atoms with Crippen molar-refractivity contribution < 1.29 is 33.0 Å². The van der Waals surface area contributed by atoms with Gasteiger partial charge in [0.25, 0.3) is 5.91 Å². The van der Waals surface area contributed by atoms with Gasteiger partial charge < -0.3 is 24.8 Å². The van der Waals surface area contributed by atoms with Gasteiger partial charge in [0.15, 0.2) is 11.5 Å². The zero-order chi connectivity index (χ0) is 23.5. The van der Waals surface area contributed by atoms with E-state index < -0.39 is 35.7 Å². The van der Waals surface area contributed by atoms with Crippen molar-refractivity contribution in [3.05, 3.63) is 53.3 Å². The first-order valence-electron chi connectivity index (χ1n) is 9.69. The lowest BCUT2D eigenvalue weighted by molar-refractivity contribution is -0.134. The molecule has 1 heterocycles. The highest BCUT2D eigenvalue weighted by molar-refractivity contribution is 6.09. The van der Waals surface area contributed by atoms with E-state index in [1.165, 1.54) is 52.5 Å². The number of amides is 4. The van der Waals surface area contributed by atoms with Gasteiger partial charge in [-0.25, -0.2) is 9.18 Å². The van der Waals surface area contributed by atoms with E-state index in [9.17, 15) is 18.8 Å². The van der Waals surface area contributed by atoms with Crippen LogP contribution in [0.5, 0.6) is 17.2 Å². The Morgan fingerprint density at radius 3 is 2.22 bits per heavy atom. The average molecular weight is 445 g/mol. The van der Waals surface area contributed by atoms with Crippen molar-refractivity contribution in [1.29, 1.82) is 0 Å². The standard InChI is InChI=1S/C22H24FN3O6/c1-22(14-5-7-15(23)8-6-14)20(28)26(21(29)25-22)12-19(27)24-11-13-9-17(31-3)18(32-4)10-16(13)30-2/h5-10H,11-12H2,1-4H3,(H,24,27)(H,25,29). The van der Waals surface area contributed by atoms with Crippen LogP contribution < -0.4 is 24.8 Å². The topological polar surface area (TPSA) is 106 Å². The van der Waals surface area contributed by atoms with Gasteiger partial charge in [0, 0.05) is 18.2 Å². The summed E-state index contributed by atoms with van der Waals surface area (Å²) in [6.45, 7) is 1.10. The first-order valence-corrected chi connectivity index (χ1v) is 9.69. The molecule has 1 atom stereocenters. The molecule has 1 saturated heterocycles. The minimum atomic E-state index is -1.39. The molecule has 170 valence electrons. The summed E-state index contributed by atoms with van der Waals surface area (Å²) in [6.07, 6.45) is 0. The van der Waals surface area contributed by atoms with Gasteiger partial charge in [-0.05, 0) is 30.7 Å². The van der Waals surface area contributed by atoms with Crippen molar-refractivity contribution in [3.63, 3.8) is 0 Å². The van der Waals surface area contributed by atoms with Gasteiger partial charge in [-0.2, -0.15) is 0 Å². The lowest BCUT2D eigenvalue weighted by Crippen LogP contribution is -2.43. The van der Waals surface area contributed by atoms with Crippen LogP contribution in [-0.4, -0.2) is 50.6 Å². The molecule has 1 unspecified atom stereocenters. The zero-order valence-corrected chi connectivity index (χ0v) is 18.2. The molecule has 32 heavy (non-hydrogen) atoms. The number of rotatable bonds is 8. The van der Waals surface area contributed by atoms with Crippen LogP contribution in [0.1, 0.15) is 18.1 Å². The number of ether oxygens (including phenoxy) is 3. The van der Waals surface area contributed by atoms with Crippen LogP contribution in [0.4, 0.5) is 9.18 Å². The summed E-state index contributed by atoms with van der Waals surface area (Å²) in [4.78, 5) is 38.6. The van der Waals surface area contributed by atoms with E-state index in [2.05, 4.69) is 10.6 Å². The fraction of sp³-hybridized carbons (Fsp3) is 0.318. The number of urea groups is 1. The molecule has 0 saturated carbocycles. The molecule has 2 N–H and O–H groups in total.